The van der Waals surface area contributed by atoms with Crippen LogP contribution in [0.15, 0.2) is 63.5 Å². The summed E-state index contributed by atoms with van der Waals surface area (Å²) in [5, 5.41) is 19.4. The molecule has 5 nitrogen and oxygen atoms in total. The van der Waals surface area contributed by atoms with Gasteiger partial charge in [-0.3, -0.25) is 0 Å². The van der Waals surface area contributed by atoms with E-state index in [0.717, 1.165) is 29.0 Å². The normalized spacial score (nSPS) is 19.9. The zero-order valence-electron chi connectivity index (χ0n) is 15.7. The van der Waals surface area contributed by atoms with Crippen LogP contribution in [0, 0.1) is 0 Å². The van der Waals surface area contributed by atoms with Crippen molar-refractivity contribution in [1.82, 2.24) is 5.01 Å². The fourth-order valence-electron chi connectivity index (χ4n) is 3.85. The highest BCUT2D eigenvalue weighted by molar-refractivity contribution is 9.10. The van der Waals surface area contributed by atoms with Crippen molar-refractivity contribution in [3.63, 3.8) is 0 Å². The van der Waals surface area contributed by atoms with Crippen LogP contribution < -0.4 is 9.47 Å². The summed E-state index contributed by atoms with van der Waals surface area (Å²) in [6.45, 7) is 2.35. The number of hydrazone groups is 1. The van der Waals surface area contributed by atoms with Crippen LogP contribution in [0.4, 0.5) is 0 Å². The van der Waals surface area contributed by atoms with E-state index in [2.05, 4.69) is 33.4 Å². The van der Waals surface area contributed by atoms with Gasteiger partial charge in [-0.15, -0.1) is 11.3 Å². The number of halogens is 1. The van der Waals surface area contributed by atoms with E-state index in [4.69, 9.17) is 14.6 Å². The van der Waals surface area contributed by atoms with E-state index < -0.39 is 6.23 Å². The Balaban J connectivity index is 1.61. The number of nitrogens with zero attached hydrogens (tertiary/aromatic N) is 2. The molecule has 0 aliphatic carbocycles. The van der Waals surface area contributed by atoms with Crippen LogP contribution in [0.3, 0.4) is 0 Å². The maximum atomic E-state index is 10.3. The number of hydrogen-bond donors (Lipinski definition) is 1. The Kier molecular flexibility index (Phi) is 4.72. The molecule has 148 valence electrons. The summed E-state index contributed by atoms with van der Waals surface area (Å²) in [4.78, 5) is 1.18. The van der Waals surface area contributed by atoms with Gasteiger partial charge < -0.3 is 14.6 Å². The van der Waals surface area contributed by atoms with Crippen LogP contribution >= 0.6 is 27.3 Å². The average Bonchev–Trinajstić information content (AvgIpc) is 3.40. The minimum absolute atomic E-state index is 0.0903. The number of hydrogen-bond acceptors (Lipinski definition) is 6. The van der Waals surface area contributed by atoms with Gasteiger partial charge in [0.2, 0.25) is 6.23 Å². The molecule has 0 amide bonds. The van der Waals surface area contributed by atoms with Crippen LogP contribution in [-0.4, -0.2) is 22.4 Å². The van der Waals surface area contributed by atoms with E-state index in [-0.39, 0.29) is 11.8 Å². The maximum absolute atomic E-state index is 10.3. The van der Waals surface area contributed by atoms with Crippen molar-refractivity contribution in [2.75, 3.05) is 6.61 Å². The van der Waals surface area contributed by atoms with Gasteiger partial charge in [-0.25, -0.2) is 5.01 Å². The third-order valence-corrected chi connectivity index (χ3v) is 6.66. The Hall–Kier alpha value is -2.51. The molecule has 1 aromatic heterocycles. The molecule has 2 aliphatic heterocycles. The zero-order valence-corrected chi connectivity index (χ0v) is 18.1. The van der Waals surface area contributed by atoms with Crippen molar-refractivity contribution in [1.29, 1.82) is 0 Å². The molecule has 2 atom stereocenters. The maximum Gasteiger partial charge on any atom is 0.214 e. The Morgan fingerprint density at radius 3 is 2.93 bits per heavy atom. The van der Waals surface area contributed by atoms with Gasteiger partial charge in [0.05, 0.1) is 27.7 Å². The largest absolute Gasteiger partial charge is 0.503 e. The van der Waals surface area contributed by atoms with Crippen LogP contribution in [-0.2, 0) is 0 Å². The summed E-state index contributed by atoms with van der Waals surface area (Å²) in [7, 11) is 0. The number of phenols is 1. The Bertz CT molecular complexity index is 1080. The van der Waals surface area contributed by atoms with E-state index in [9.17, 15) is 5.11 Å². The quantitative estimate of drug-likeness (QED) is 0.518. The number of thiophene rings is 1. The first-order chi connectivity index (χ1) is 14.2. The molecule has 1 N–H and O–H groups in total. The van der Waals surface area contributed by atoms with Crippen LogP contribution in [0.2, 0.25) is 0 Å². The van der Waals surface area contributed by atoms with Crippen LogP contribution in [0.5, 0.6) is 17.2 Å². The first-order valence-electron chi connectivity index (χ1n) is 9.46. The number of aromatic hydroxyl groups is 1. The fourth-order valence-corrected chi connectivity index (χ4v) is 5.03. The fraction of sp³-hybridized carbons (Fsp3) is 0.227. The molecule has 0 spiro atoms. The lowest BCUT2D eigenvalue weighted by molar-refractivity contribution is -0.0192. The summed E-state index contributed by atoms with van der Waals surface area (Å²) in [5.74, 6) is 1.38. The minimum atomic E-state index is -0.413. The summed E-state index contributed by atoms with van der Waals surface area (Å²) in [6, 6.07) is 16.1. The van der Waals surface area contributed by atoms with Crippen molar-refractivity contribution in [2.24, 2.45) is 5.10 Å². The molecular weight excluding hydrogens is 452 g/mol. The monoisotopic (exact) mass is 470 g/mol. The van der Waals surface area contributed by atoms with Gasteiger partial charge >= 0.3 is 0 Å². The lowest BCUT2D eigenvalue weighted by Crippen LogP contribution is -2.33. The van der Waals surface area contributed by atoms with E-state index in [0.29, 0.717) is 16.8 Å². The lowest BCUT2D eigenvalue weighted by Gasteiger charge is -2.38. The second-order valence-electron chi connectivity index (χ2n) is 6.91. The van der Waals surface area contributed by atoms with E-state index >= 15 is 0 Å². The molecule has 7 heteroatoms. The molecule has 3 heterocycles. The molecule has 29 heavy (non-hydrogen) atoms. The smallest absolute Gasteiger partial charge is 0.214 e. The predicted molar refractivity (Wildman–Crippen MR) is 117 cm³/mol. The summed E-state index contributed by atoms with van der Waals surface area (Å²) in [5.41, 5.74) is 3.08. The van der Waals surface area contributed by atoms with Gasteiger partial charge in [-0.05, 0) is 52.5 Å². The van der Waals surface area contributed by atoms with Crippen LogP contribution in [0.1, 0.15) is 41.6 Å². The van der Waals surface area contributed by atoms with Crippen molar-refractivity contribution >= 4 is 33.0 Å². The number of benzene rings is 2. The van der Waals surface area contributed by atoms with Gasteiger partial charge in [-0.2, -0.15) is 5.10 Å². The first kappa shape index (κ1) is 18.5. The molecule has 2 aromatic carbocycles. The van der Waals surface area contributed by atoms with Gasteiger partial charge in [-0.1, -0.05) is 24.3 Å². The van der Waals surface area contributed by atoms with Crippen molar-refractivity contribution < 1.29 is 14.6 Å². The third-order valence-electron chi connectivity index (χ3n) is 5.14. The molecule has 3 aromatic rings. The van der Waals surface area contributed by atoms with E-state index in [1.54, 1.807) is 11.3 Å². The van der Waals surface area contributed by atoms with Crippen molar-refractivity contribution in [2.45, 2.75) is 25.6 Å². The SMILES string of the molecule is CCOc1cc([C@H]2Oc3ccccc3[C@H]3CC(c4cccs4)=NN32)cc(Br)c1O. The molecule has 0 fully saturated rings. The molecule has 5 rings (SSSR count). The van der Waals surface area contributed by atoms with Gasteiger partial charge in [0.1, 0.15) is 5.75 Å². The molecule has 0 unspecified atom stereocenters. The molecule has 2 aliphatic rings. The van der Waals surface area contributed by atoms with E-state index in [1.165, 1.54) is 4.88 Å². The molecule has 0 saturated heterocycles. The first-order valence-corrected chi connectivity index (χ1v) is 11.1. The number of rotatable bonds is 4. The number of ether oxygens (including phenoxy) is 2. The Labute approximate surface area is 181 Å². The number of fused-ring (bicyclic) bond motifs is 3. The highest BCUT2D eigenvalue weighted by Crippen LogP contribution is 2.49. The van der Waals surface area contributed by atoms with Gasteiger partial charge in [0.25, 0.3) is 0 Å². The van der Waals surface area contributed by atoms with Crippen molar-refractivity contribution in [3.8, 4) is 17.2 Å². The molecule has 0 bridgehead atoms. The number of para-hydroxylation sites is 1. The minimum Gasteiger partial charge on any atom is -0.503 e. The topological polar surface area (TPSA) is 54.3 Å². The predicted octanol–water partition coefficient (Wildman–Crippen LogP) is 5.86. The number of phenolic OH excluding ortho intramolecular Hbond substituents is 1. The van der Waals surface area contributed by atoms with Crippen LogP contribution in [0.25, 0.3) is 0 Å². The highest BCUT2D eigenvalue weighted by Gasteiger charge is 2.41. The second-order valence-corrected chi connectivity index (χ2v) is 8.72. The Morgan fingerprint density at radius 1 is 1.28 bits per heavy atom. The zero-order chi connectivity index (χ0) is 20.0. The standard InChI is InChI=1S/C22H19BrN2O3S/c1-2-27-19-11-13(10-15(23)21(19)26)22-25-17(14-6-3-4-7-18(14)28-22)12-16(24-25)20-8-5-9-29-20/h3-11,17,22,26H,2,12H2,1H3/t17-,22-/m1/s1. The third kappa shape index (κ3) is 3.18. The van der Waals surface area contributed by atoms with Gasteiger partial charge in [0.15, 0.2) is 11.5 Å². The summed E-state index contributed by atoms with van der Waals surface area (Å²) >= 11 is 5.14. The lowest BCUT2D eigenvalue weighted by atomic mass is 9.97. The molecule has 0 saturated carbocycles. The highest BCUT2D eigenvalue weighted by atomic mass is 79.9. The summed E-state index contributed by atoms with van der Waals surface area (Å²) in [6.07, 6.45) is 0.415. The van der Waals surface area contributed by atoms with Crippen molar-refractivity contribution in [3.05, 3.63) is 74.4 Å². The molecule has 0 radical (unpaired) electrons. The summed E-state index contributed by atoms with van der Waals surface area (Å²) < 4.78 is 12.6. The molecular formula is C22H19BrN2O3S. The average molecular weight is 471 g/mol. The van der Waals surface area contributed by atoms with E-state index in [1.807, 2.05) is 48.3 Å². The van der Waals surface area contributed by atoms with Gasteiger partial charge in [0, 0.05) is 17.5 Å². The Morgan fingerprint density at radius 2 is 2.14 bits per heavy atom. The second kappa shape index (κ2) is 7.39.